The van der Waals surface area contributed by atoms with Gasteiger partial charge in [0, 0.05) is 45.0 Å². The van der Waals surface area contributed by atoms with Crippen LogP contribution in [0.2, 0.25) is 0 Å². The fraction of sp³-hybridized carbons (Fsp3) is 0.789. The molecule has 1 aliphatic rings. The summed E-state index contributed by atoms with van der Waals surface area (Å²) < 4.78 is 2.08. The van der Waals surface area contributed by atoms with Gasteiger partial charge in [-0.15, -0.1) is 0 Å². The van der Waals surface area contributed by atoms with Gasteiger partial charge in [0.05, 0.1) is 5.69 Å². The van der Waals surface area contributed by atoms with Gasteiger partial charge in [0.25, 0.3) is 0 Å². The maximum atomic E-state index is 4.50. The van der Waals surface area contributed by atoms with E-state index in [1.807, 2.05) is 14.0 Å². The molecule has 0 bridgehead atoms. The van der Waals surface area contributed by atoms with Crippen LogP contribution in [0.15, 0.2) is 11.1 Å². The fourth-order valence-electron chi connectivity index (χ4n) is 3.69. The van der Waals surface area contributed by atoms with Gasteiger partial charge in [-0.3, -0.25) is 14.6 Å². The van der Waals surface area contributed by atoms with E-state index in [1.165, 1.54) is 37.9 Å². The first kappa shape index (κ1) is 19.8. The summed E-state index contributed by atoms with van der Waals surface area (Å²) in [6.45, 7) is 11.6. The van der Waals surface area contributed by atoms with Gasteiger partial charge in [0.2, 0.25) is 0 Å². The maximum Gasteiger partial charge on any atom is 0.191 e. The number of aryl methyl sites for hydroxylation is 3. The van der Waals surface area contributed by atoms with E-state index in [0.717, 1.165) is 50.3 Å². The topological polar surface area (TPSA) is 57.5 Å². The molecule has 0 aliphatic carbocycles. The molecule has 1 fully saturated rings. The Hall–Kier alpha value is -1.56. The van der Waals surface area contributed by atoms with E-state index in [9.17, 15) is 0 Å². The fourth-order valence-corrected chi connectivity index (χ4v) is 3.69. The third-order valence-corrected chi connectivity index (χ3v) is 5.08. The summed E-state index contributed by atoms with van der Waals surface area (Å²) >= 11 is 0. The van der Waals surface area contributed by atoms with Crippen LogP contribution in [0.5, 0.6) is 0 Å². The number of hydrogen-bond acceptors (Lipinski definition) is 3. The number of guanidine groups is 1. The van der Waals surface area contributed by atoms with Gasteiger partial charge in [-0.05, 0) is 52.1 Å². The van der Waals surface area contributed by atoms with Gasteiger partial charge in [-0.2, -0.15) is 5.10 Å². The van der Waals surface area contributed by atoms with E-state index >= 15 is 0 Å². The summed E-state index contributed by atoms with van der Waals surface area (Å²) in [6, 6.07) is 2.89. The first-order valence-corrected chi connectivity index (χ1v) is 9.83. The lowest BCUT2D eigenvalue weighted by molar-refractivity contribution is 0.147. The van der Waals surface area contributed by atoms with Crippen LogP contribution in [-0.4, -0.2) is 59.9 Å². The average Bonchev–Trinajstić information content (AvgIpc) is 2.94. The van der Waals surface area contributed by atoms with Crippen molar-refractivity contribution >= 4 is 5.96 Å². The van der Waals surface area contributed by atoms with Crippen molar-refractivity contribution in [1.29, 1.82) is 0 Å². The Kier molecular flexibility index (Phi) is 8.25. The Labute approximate surface area is 153 Å². The molecular formula is C19H36N6. The van der Waals surface area contributed by atoms with Crippen molar-refractivity contribution in [2.75, 3.05) is 33.2 Å². The van der Waals surface area contributed by atoms with Crippen LogP contribution in [0.3, 0.4) is 0 Å². The number of likely N-dealkylation sites (tertiary alicyclic amines) is 1. The number of rotatable bonds is 8. The van der Waals surface area contributed by atoms with Gasteiger partial charge >= 0.3 is 0 Å². The lowest BCUT2D eigenvalue weighted by atomic mass is 10.0. The SMILES string of the molecule is CCC1CCCCN1CCNC(=NC)NCCCn1nc(C)cc1C. The summed E-state index contributed by atoms with van der Waals surface area (Å²) in [6.07, 6.45) is 6.39. The number of piperidine rings is 1. The highest BCUT2D eigenvalue weighted by molar-refractivity contribution is 5.79. The van der Waals surface area contributed by atoms with Gasteiger partial charge in [0.1, 0.15) is 0 Å². The molecule has 0 saturated carbocycles. The molecule has 6 nitrogen and oxygen atoms in total. The standard InChI is InChI=1S/C19H36N6/c1-5-18-9-6-7-12-24(18)14-11-22-19(20-4)21-10-8-13-25-17(3)15-16(2)23-25/h15,18H,5-14H2,1-4H3,(H2,20,21,22). The Bertz CT molecular complexity index is 536. The van der Waals surface area contributed by atoms with Crippen LogP contribution >= 0.6 is 0 Å². The van der Waals surface area contributed by atoms with Crippen molar-refractivity contribution < 1.29 is 0 Å². The molecule has 0 aromatic carbocycles. The van der Waals surface area contributed by atoms with Crippen LogP contribution in [-0.2, 0) is 6.54 Å². The van der Waals surface area contributed by atoms with E-state index in [0.29, 0.717) is 0 Å². The quantitative estimate of drug-likeness (QED) is 0.430. The van der Waals surface area contributed by atoms with Crippen molar-refractivity contribution in [2.45, 2.75) is 65.5 Å². The van der Waals surface area contributed by atoms with E-state index in [2.05, 4.69) is 50.2 Å². The van der Waals surface area contributed by atoms with E-state index in [-0.39, 0.29) is 0 Å². The highest BCUT2D eigenvalue weighted by Crippen LogP contribution is 2.18. The zero-order valence-corrected chi connectivity index (χ0v) is 16.5. The molecular weight excluding hydrogens is 312 g/mol. The Morgan fingerprint density at radius 3 is 2.72 bits per heavy atom. The summed E-state index contributed by atoms with van der Waals surface area (Å²) in [7, 11) is 1.84. The Balaban J connectivity index is 1.62. The van der Waals surface area contributed by atoms with Crippen molar-refractivity contribution in [3.63, 3.8) is 0 Å². The largest absolute Gasteiger partial charge is 0.356 e. The van der Waals surface area contributed by atoms with Crippen molar-refractivity contribution in [3.05, 3.63) is 17.5 Å². The highest BCUT2D eigenvalue weighted by Gasteiger charge is 2.19. The minimum atomic E-state index is 0.770. The Morgan fingerprint density at radius 2 is 2.04 bits per heavy atom. The average molecular weight is 349 g/mol. The Morgan fingerprint density at radius 1 is 1.24 bits per heavy atom. The monoisotopic (exact) mass is 348 g/mol. The number of aliphatic imine (C=N–C) groups is 1. The van der Waals surface area contributed by atoms with Crippen molar-refractivity contribution in [1.82, 2.24) is 25.3 Å². The smallest absolute Gasteiger partial charge is 0.191 e. The van der Waals surface area contributed by atoms with Crippen LogP contribution < -0.4 is 10.6 Å². The second kappa shape index (κ2) is 10.4. The third-order valence-electron chi connectivity index (χ3n) is 5.08. The first-order valence-electron chi connectivity index (χ1n) is 9.83. The van der Waals surface area contributed by atoms with Crippen LogP contribution in [0.4, 0.5) is 0 Å². The molecule has 25 heavy (non-hydrogen) atoms. The van der Waals surface area contributed by atoms with Gasteiger partial charge in [0.15, 0.2) is 5.96 Å². The normalized spacial score (nSPS) is 19.2. The molecule has 1 aromatic rings. The maximum absolute atomic E-state index is 4.50. The lowest BCUT2D eigenvalue weighted by Crippen LogP contribution is -2.46. The molecule has 1 atom stereocenters. The molecule has 6 heteroatoms. The summed E-state index contributed by atoms with van der Waals surface area (Å²) in [5.41, 5.74) is 2.32. The van der Waals surface area contributed by atoms with E-state index in [1.54, 1.807) is 0 Å². The third kappa shape index (κ3) is 6.34. The molecule has 0 spiro atoms. The van der Waals surface area contributed by atoms with Gasteiger partial charge < -0.3 is 10.6 Å². The van der Waals surface area contributed by atoms with Crippen LogP contribution in [0, 0.1) is 13.8 Å². The van der Waals surface area contributed by atoms with E-state index in [4.69, 9.17) is 0 Å². The van der Waals surface area contributed by atoms with Gasteiger partial charge in [-0.1, -0.05) is 13.3 Å². The molecule has 0 radical (unpaired) electrons. The molecule has 2 N–H and O–H groups in total. The minimum absolute atomic E-state index is 0.770. The van der Waals surface area contributed by atoms with Crippen molar-refractivity contribution in [3.8, 4) is 0 Å². The summed E-state index contributed by atoms with van der Waals surface area (Å²) in [5.74, 6) is 0.901. The lowest BCUT2D eigenvalue weighted by Gasteiger charge is -2.35. The molecule has 142 valence electrons. The number of aromatic nitrogens is 2. The zero-order chi connectivity index (χ0) is 18.1. The van der Waals surface area contributed by atoms with Crippen molar-refractivity contribution in [2.24, 2.45) is 4.99 Å². The second-order valence-electron chi connectivity index (χ2n) is 7.02. The molecule has 0 amide bonds. The van der Waals surface area contributed by atoms with Crippen LogP contribution in [0.25, 0.3) is 0 Å². The number of nitrogens with one attached hydrogen (secondary N) is 2. The molecule has 1 aliphatic heterocycles. The predicted octanol–water partition coefficient (Wildman–Crippen LogP) is 2.32. The second-order valence-corrected chi connectivity index (χ2v) is 7.02. The molecule has 1 unspecified atom stereocenters. The predicted molar refractivity (Wildman–Crippen MR) is 105 cm³/mol. The van der Waals surface area contributed by atoms with E-state index < -0.39 is 0 Å². The zero-order valence-electron chi connectivity index (χ0n) is 16.5. The molecule has 2 heterocycles. The number of hydrogen-bond donors (Lipinski definition) is 2. The highest BCUT2D eigenvalue weighted by atomic mass is 15.3. The summed E-state index contributed by atoms with van der Waals surface area (Å²) in [4.78, 5) is 6.96. The number of nitrogens with zero attached hydrogens (tertiary/aromatic N) is 4. The summed E-state index contributed by atoms with van der Waals surface area (Å²) in [5, 5.41) is 11.4. The first-order chi connectivity index (χ1) is 12.1. The molecule has 1 saturated heterocycles. The minimum Gasteiger partial charge on any atom is -0.356 e. The molecule has 2 rings (SSSR count). The molecule has 1 aromatic heterocycles. The van der Waals surface area contributed by atoms with Gasteiger partial charge in [-0.25, -0.2) is 0 Å². The van der Waals surface area contributed by atoms with Crippen LogP contribution in [0.1, 0.15) is 50.4 Å².